The Hall–Kier alpha value is -1.35. The molecule has 2 rings (SSSR count). The topological polar surface area (TPSA) is 37.4 Å². The molecule has 0 saturated heterocycles. The summed E-state index contributed by atoms with van der Waals surface area (Å²) >= 11 is 6.49. The second-order valence-corrected chi connectivity index (χ2v) is 6.10. The predicted octanol–water partition coefficient (Wildman–Crippen LogP) is 4.25. The Morgan fingerprint density at radius 2 is 1.57 bits per heavy atom. The fourth-order valence-corrected chi connectivity index (χ4v) is 3.32. The molecular formula is C17H22ClNO2. The van der Waals surface area contributed by atoms with Crippen molar-refractivity contribution in [3.63, 3.8) is 0 Å². The number of carbonyl (C=O) groups excluding carboxylic acids is 2. The highest BCUT2D eigenvalue weighted by Gasteiger charge is 2.41. The molecular weight excluding hydrogens is 286 g/mol. The Morgan fingerprint density at radius 3 is 2.05 bits per heavy atom. The van der Waals surface area contributed by atoms with Crippen LogP contribution < -0.4 is 0 Å². The number of fused-ring (bicyclic) bond motifs is 1. The third-order valence-corrected chi connectivity index (χ3v) is 4.50. The second kappa shape index (κ2) is 7.08. The van der Waals surface area contributed by atoms with Crippen molar-refractivity contribution < 1.29 is 9.59 Å². The van der Waals surface area contributed by atoms with Crippen LogP contribution in [0.5, 0.6) is 0 Å². The molecule has 1 aliphatic heterocycles. The number of benzene rings is 1. The molecule has 0 spiro atoms. The van der Waals surface area contributed by atoms with Crippen LogP contribution in [0, 0.1) is 0 Å². The Morgan fingerprint density at radius 1 is 1.00 bits per heavy atom. The number of halogens is 1. The minimum Gasteiger partial charge on any atom is -0.270 e. The van der Waals surface area contributed by atoms with Crippen LogP contribution in [-0.2, 0) is 0 Å². The predicted molar refractivity (Wildman–Crippen MR) is 84.8 cm³/mol. The van der Waals surface area contributed by atoms with Crippen molar-refractivity contribution >= 4 is 23.4 Å². The monoisotopic (exact) mass is 307 g/mol. The first-order valence-electron chi connectivity index (χ1n) is 7.72. The summed E-state index contributed by atoms with van der Waals surface area (Å²) in [4.78, 5) is 26.5. The minimum absolute atomic E-state index is 0.177. The number of nitrogens with zero attached hydrogens (tertiary/aromatic N) is 1. The Kier molecular flexibility index (Phi) is 5.40. The smallest absolute Gasteiger partial charge is 0.261 e. The third-order valence-electron chi connectivity index (χ3n) is 3.99. The molecule has 1 aromatic carbocycles. The number of hydrogen-bond acceptors (Lipinski definition) is 2. The van der Waals surface area contributed by atoms with E-state index in [9.17, 15) is 9.59 Å². The SMILES string of the molecule is CCCCC(C(Cl)CCC)N1C(=O)c2ccccc2C1=O. The molecule has 0 radical (unpaired) electrons. The molecule has 0 N–H and O–H groups in total. The number of imide groups is 1. The zero-order valence-corrected chi connectivity index (χ0v) is 13.4. The lowest BCUT2D eigenvalue weighted by Gasteiger charge is -2.30. The first-order chi connectivity index (χ1) is 10.1. The van der Waals surface area contributed by atoms with Crippen LogP contribution in [-0.4, -0.2) is 28.1 Å². The van der Waals surface area contributed by atoms with Crippen LogP contribution in [0.1, 0.15) is 66.7 Å². The third kappa shape index (κ3) is 3.13. The highest BCUT2D eigenvalue weighted by molar-refractivity contribution is 6.24. The van der Waals surface area contributed by atoms with Gasteiger partial charge in [-0.25, -0.2) is 0 Å². The van der Waals surface area contributed by atoms with Crippen molar-refractivity contribution in [2.45, 2.75) is 57.4 Å². The lowest BCUT2D eigenvalue weighted by atomic mass is 10.0. The van der Waals surface area contributed by atoms with Gasteiger partial charge in [0.15, 0.2) is 0 Å². The van der Waals surface area contributed by atoms with E-state index >= 15 is 0 Å². The van der Waals surface area contributed by atoms with Gasteiger partial charge in [-0.3, -0.25) is 14.5 Å². The summed E-state index contributed by atoms with van der Waals surface area (Å²) in [7, 11) is 0. The van der Waals surface area contributed by atoms with Gasteiger partial charge < -0.3 is 0 Å². The molecule has 0 aliphatic carbocycles. The van der Waals surface area contributed by atoms with E-state index in [0.29, 0.717) is 11.1 Å². The lowest BCUT2D eigenvalue weighted by Crippen LogP contribution is -2.45. The van der Waals surface area contributed by atoms with E-state index in [2.05, 4.69) is 13.8 Å². The van der Waals surface area contributed by atoms with Crippen molar-refractivity contribution in [1.29, 1.82) is 0 Å². The fourth-order valence-electron chi connectivity index (χ4n) is 2.86. The summed E-state index contributed by atoms with van der Waals surface area (Å²) in [5, 5.41) is -0.177. The van der Waals surface area contributed by atoms with Crippen molar-refractivity contribution in [3.8, 4) is 0 Å². The quantitative estimate of drug-likeness (QED) is 0.558. The summed E-state index contributed by atoms with van der Waals surface area (Å²) < 4.78 is 0. The molecule has 21 heavy (non-hydrogen) atoms. The van der Waals surface area contributed by atoms with Crippen LogP contribution >= 0.6 is 11.6 Å². The molecule has 2 atom stereocenters. The molecule has 1 heterocycles. The molecule has 1 aromatic rings. The molecule has 2 amide bonds. The van der Waals surface area contributed by atoms with E-state index < -0.39 is 0 Å². The molecule has 4 heteroatoms. The number of carbonyl (C=O) groups is 2. The summed E-state index contributed by atoms with van der Waals surface area (Å²) in [6, 6.07) is 6.81. The van der Waals surface area contributed by atoms with Crippen LogP contribution in [0.2, 0.25) is 0 Å². The Bertz CT molecular complexity index is 494. The fraction of sp³-hybridized carbons (Fsp3) is 0.529. The maximum atomic E-state index is 12.6. The first kappa shape index (κ1) is 16.0. The van der Waals surface area contributed by atoms with E-state index in [1.54, 1.807) is 24.3 Å². The lowest BCUT2D eigenvalue weighted by molar-refractivity contribution is 0.0567. The summed E-state index contributed by atoms with van der Waals surface area (Å²) in [5.74, 6) is -0.392. The van der Waals surface area contributed by atoms with Gasteiger partial charge in [0.2, 0.25) is 0 Å². The normalized spacial score (nSPS) is 17.0. The molecule has 2 unspecified atom stereocenters. The van der Waals surface area contributed by atoms with Gasteiger partial charge in [-0.15, -0.1) is 11.6 Å². The van der Waals surface area contributed by atoms with Crippen molar-refractivity contribution in [2.24, 2.45) is 0 Å². The summed E-state index contributed by atoms with van der Waals surface area (Å²) in [6.45, 7) is 4.16. The van der Waals surface area contributed by atoms with Gasteiger partial charge in [0.05, 0.1) is 22.5 Å². The minimum atomic E-state index is -0.209. The van der Waals surface area contributed by atoms with Gasteiger partial charge in [0.25, 0.3) is 11.8 Å². The van der Waals surface area contributed by atoms with E-state index in [1.807, 2.05) is 0 Å². The Labute approximate surface area is 131 Å². The summed E-state index contributed by atoms with van der Waals surface area (Å²) in [6.07, 6.45) is 4.51. The van der Waals surface area contributed by atoms with Gasteiger partial charge in [-0.1, -0.05) is 45.2 Å². The molecule has 0 saturated carbocycles. The van der Waals surface area contributed by atoms with Crippen LogP contribution in [0.25, 0.3) is 0 Å². The van der Waals surface area contributed by atoms with Gasteiger partial charge in [0, 0.05) is 0 Å². The average Bonchev–Trinajstić information content (AvgIpc) is 2.73. The number of amides is 2. The van der Waals surface area contributed by atoms with Gasteiger partial charge >= 0.3 is 0 Å². The van der Waals surface area contributed by atoms with Crippen molar-refractivity contribution in [1.82, 2.24) is 4.90 Å². The summed E-state index contributed by atoms with van der Waals surface area (Å²) in [5.41, 5.74) is 1.01. The average molecular weight is 308 g/mol. The molecule has 0 aromatic heterocycles. The molecule has 3 nitrogen and oxygen atoms in total. The van der Waals surface area contributed by atoms with Gasteiger partial charge in [-0.05, 0) is 25.0 Å². The van der Waals surface area contributed by atoms with Crippen LogP contribution in [0.4, 0.5) is 0 Å². The van der Waals surface area contributed by atoms with Gasteiger partial charge in [0.1, 0.15) is 0 Å². The zero-order chi connectivity index (χ0) is 15.4. The van der Waals surface area contributed by atoms with Crippen LogP contribution in [0.3, 0.4) is 0 Å². The standard InChI is InChI=1S/C17H22ClNO2/c1-3-5-11-15(14(18)8-4-2)19-16(20)12-9-6-7-10-13(12)17(19)21/h6-7,9-10,14-15H,3-5,8,11H2,1-2H3. The van der Waals surface area contributed by atoms with Crippen LogP contribution in [0.15, 0.2) is 24.3 Å². The number of alkyl halides is 1. The number of unbranched alkanes of at least 4 members (excludes halogenated alkanes) is 1. The van der Waals surface area contributed by atoms with E-state index in [0.717, 1.165) is 32.1 Å². The number of rotatable bonds is 7. The largest absolute Gasteiger partial charge is 0.270 e. The molecule has 1 aliphatic rings. The van der Waals surface area contributed by atoms with E-state index in [-0.39, 0.29) is 23.2 Å². The van der Waals surface area contributed by atoms with E-state index in [1.165, 1.54) is 4.90 Å². The molecule has 0 fully saturated rings. The second-order valence-electron chi connectivity index (χ2n) is 5.54. The molecule has 114 valence electrons. The maximum absolute atomic E-state index is 12.6. The zero-order valence-electron chi connectivity index (χ0n) is 12.6. The number of hydrogen-bond donors (Lipinski definition) is 0. The van der Waals surface area contributed by atoms with E-state index in [4.69, 9.17) is 11.6 Å². The Balaban J connectivity index is 2.29. The maximum Gasteiger partial charge on any atom is 0.261 e. The van der Waals surface area contributed by atoms with Crippen molar-refractivity contribution in [3.05, 3.63) is 35.4 Å². The van der Waals surface area contributed by atoms with Crippen molar-refractivity contribution in [2.75, 3.05) is 0 Å². The van der Waals surface area contributed by atoms with Gasteiger partial charge in [-0.2, -0.15) is 0 Å². The molecule has 0 bridgehead atoms. The highest BCUT2D eigenvalue weighted by atomic mass is 35.5. The highest BCUT2D eigenvalue weighted by Crippen LogP contribution is 2.30. The first-order valence-corrected chi connectivity index (χ1v) is 8.16.